The van der Waals surface area contributed by atoms with E-state index in [-0.39, 0.29) is 5.41 Å². The molecule has 1 aromatic heterocycles. The lowest BCUT2D eigenvalue weighted by Crippen LogP contribution is -2.33. The third-order valence-electron chi connectivity index (χ3n) is 3.86. The molecule has 0 atom stereocenters. The van der Waals surface area contributed by atoms with Gasteiger partial charge >= 0.3 is 0 Å². The van der Waals surface area contributed by atoms with Crippen molar-refractivity contribution in [3.05, 3.63) is 29.6 Å². The van der Waals surface area contributed by atoms with Crippen LogP contribution in [0.5, 0.6) is 0 Å². The van der Waals surface area contributed by atoms with E-state index < -0.39 is 0 Å². The summed E-state index contributed by atoms with van der Waals surface area (Å²) >= 11 is 0. The molecule has 21 heavy (non-hydrogen) atoms. The molecule has 0 fully saturated rings. The van der Waals surface area contributed by atoms with E-state index in [1.807, 2.05) is 32.9 Å². The molecule has 1 aromatic rings. The van der Waals surface area contributed by atoms with E-state index in [0.717, 1.165) is 43.9 Å². The van der Waals surface area contributed by atoms with Crippen molar-refractivity contribution in [3.63, 3.8) is 0 Å². The topological polar surface area (TPSA) is 74.7 Å². The number of hydrogen-bond donors (Lipinski definition) is 2. The number of hydrogen-bond acceptors (Lipinski definition) is 4. The largest absolute Gasteiger partial charge is 0.409 e. The standard InChI is InChI=1S/C16H28N4O/c1-5-20(12-14-9-6-8-13(2)18-14)11-7-10-16(3,4)15(17)19-21/h6,8-9,21H,5,7,10-12H2,1-4H3,(H2,17,19). The van der Waals surface area contributed by atoms with Gasteiger partial charge in [-0.15, -0.1) is 0 Å². The van der Waals surface area contributed by atoms with E-state index in [4.69, 9.17) is 10.9 Å². The van der Waals surface area contributed by atoms with Crippen molar-refractivity contribution in [2.24, 2.45) is 16.3 Å². The van der Waals surface area contributed by atoms with Gasteiger partial charge in [0, 0.05) is 17.7 Å². The fourth-order valence-corrected chi connectivity index (χ4v) is 2.27. The second-order valence-electron chi connectivity index (χ2n) is 6.11. The van der Waals surface area contributed by atoms with Gasteiger partial charge in [0.15, 0.2) is 0 Å². The quantitative estimate of drug-likeness (QED) is 0.334. The fourth-order valence-electron chi connectivity index (χ4n) is 2.27. The number of aryl methyl sites for hydroxylation is 1. The van der Waals surface area contributed by atoms with Gasteiger partial charge < -0.3 is 10.9 Å². The number of nitrogens with two attached hydrogens (primary N) is 1. The second-order valence-corrected chi connectivity index (χ2v) is 6.11. The predicted octanol–water partition coefficient (Wildman–Crippen LogP) is 2.76. The Kier molecular flexibility index (Phi) is 6.62. The Bertz CT molecular complexity index is 471. The van der Waals surface area contributed by atoms with Crippen molar-refractivity contribution in [1.29, 1.82) is 0 Å². The van der Waals surface area contributed by atoms with Crippen molar-refractivity contribution in [2.75, 3.05) is 13.1 Å². The van der Waals surface area contributed by atoms with Gasteiger partial charge in [0.2, 0.25) is 0 Å². The Labute approximate surface area is 127 Å². The van der Waals surface area contributed by atoms with E-state index in [1.54, 1.807) is 0 Å². The summed E-state index contributed by atoms with van der Waals surface area (Å²) in [6, 6.07) is 6.13. The van der Waals surface area contributed by atoms with Gasteiger partial charge in [0.1, 0.15) is 5.84 Å². The van der Waals surface area contributed by atoms with Gasteiger partial charge in [0.05, 0.1) is 5.69 Å². The number of rotatable bonds is 8. The number of amidine groups is 1. The number of pyridine rings is 1. The maximum Gasteiger partial charge on any atom is 0.144 e. The van der Waals surface area contributed by atoms with Crippen molar-refractivity contribution in [3.8, 4) is 0 Å². The molecule has 1 heterocycles. The van der Waals surface area contributed by atoms with E-state index in [9.17, 15) is 0 Å². The molecule has 0 amide bonds. The van der Waals surface area contributed by atoms with Crippen LogP contribution in [0, 0.1) is 12.3 Å². The zero-order chi connectivity index (χ0) is 15.9. The van der Waals surface area contributed by atoms with Crippen LogP contribution in [0.2, 0.25) is 0 Å². The molecule has 0 aromatic carbocycles. The van der Waals surface area contributed by atoms with E-state index >= 15 is 0 Å². The van der Waals surface area contributed by atoms with E-state index in [0.29, 0.717) is 5.84 Å². The predicted molar refractivity (Wildman–Crippen MR) is 86.3 cm³/mol. The molecule has 0 radical (unpaired) electrons. The lowest BCUT2D eigenvalue weighted by Gasteiger charge is -2.25. The first kappa shape index (κ1) is 17.4. The summed E-state index contributed by atoms with van der Waals surface area (Å²) in [5.74, 6) is 0.297. The molecule has 0 spiro atoms. The van der Waals surface area contributed by atoms with Crippen LogP contribution in [0.1, 0.15) is 45.0 Å². The van der Waals surface area contributed by atoms with Gasteiger partial charge in [-0.25, -0.2) is 0 Å². The Hall–Kier alpha value is -1.62. The molecule has 0 aliphatic heterocycles. The lowest BCUT2D eigenvalue weighted by atomic mass is 9.86. The van der Waals surface area contributed by atoms with Gasteiger partial charge in [-0.1, -0.05) is 32.0 Å². The van der Waals surface area contributed by atoms with Crippen molar-refractivity contribution in [1.82, 2.24) is 9.88 Å². The monoisotopic (exact) mass is 292 g/mol. The Balaban J connectivity index is 2.48. The van der Waals surface area contributed by atoms with E-state index in [2.05, 4.69) is 28.0 Å². The SMILES string of the molecule is CCN(CCCC(C)(C)/C(N)=N/O)Cc1cccc(C)n1. The van der Waals surface area contributed by atoms with Gasteiger partial charge in [-0.05, 0) is 45.0 Å². The second kappa shape index (κ2) is 7.98. The first-order chi connectivity index (χ1) is 9.89. The van der Waals surface area contributed by atoms with Crippen LogP contribution < -0.4 is 5.73 Å². The minimum absolute atomic E-state index is 0.268. The lowest BCUT2D eigenvalue weighted by molar-refractivity contribution is 0.256. The summed E-state index contributed by atoms with van der Waals surface area (Å²) < 4.78 is 0. The van der Waals surface area contributed by atoms with Gasteiger partial charge in [-0.3, -0.25) is 9.88 Å². The summed E-state index contributed by atoms with van der Waals surface area (Å²) in [6.45, 7) is 11.0. The molecular weight excluding hydrogens is 264 g/mol. The smallest absolute Gasteiger partial charge is 0.144 e. The third kappa shape index (κ3) is 5.71. The third-order valence-corrected chi connectivity index (χ3v) is 3.86. The molecule has 0 bridgehead atoms. The first-order valence-corrected chi connectivity index (χ1v) is 7.52. The number of oxime groups is 1. The molecule has 0 saturated heterocycles. The van der Waals surface area contributed by atoms with Crippen LogP contribution in [0.25, 0.3) is 0 Å². The van der Waals surface area contributed by atoms with Crippen LogP contribution >= 0.6 is 0 Å². The minimum Gasteiger partial charge on any atom is -0.409 e. The molecule has 118 valence electrons. The number of nitrogens with zero attached hydrogens (tertiary/aromatic N) is 3. The maximum atomic E-state index is 8.79. The van der Waals surface area contributed by atoms with Crippen LogP contribution in [0.4, 0.5) is 0 Å². The molecule has 5 heteroatoms. The van der Waals surface area contributed by atoms with Crippen molar-refractivity contribution >= 4 is 5.84 Å². The molecule has 0 aliphatic carbocycles. The molecular formula is C16H28N4O. The zero-order valence-electron chi connectivity index (χ0n) is 13.6. The summed E-state index contributed by atoms with van der Waals surface area (Å²) in [4.78, 5) is 6.91. The van der Waals surface area contributed by atoms with Crippen LogP contribution in [0.3, 0.4) is 0 Å². The summed E-state index contributed by atoms with van der Waals surface area (Å²) in [5.41, 5.74) is 7.61. The van der Waals surface area contributed by atoms with Crippen molar-refractivity contribution < 1.29 is 5.21 Å². The minimum atomic E-state index is -0.268. The summed E-state index contributed by atoms with van der Waals surface area (Å²) in [5, 5.41) is 11.9. The highest BCUT2D eigenvalue weighted by molar-refractivity contribution is 5.85. The highest BCUT2D eigenvalue weighted by Crippen LogP contribution is 2.22. The average molecular weight is 292 g/mol. The summed E-state index contributed by atoms with van der Waals surface area (Å²) in [6.07, 6.45) is 1.89. The number of aromatic nitrogens is 1. The van der Waals surface area contributed by atoms with Gasteiger partial charge in [-0.2, -0.15) is 0 Å². The van der Waals surface area contributed by atoms with Crippen LogP contribution in [0.15, 0.2) is 23.4 Å². The maximum absolute atomic E-state index is 8.79. The molecule has 0 saturated carbocycles. The van der Waals surface area contributed by atoms with Crippen molar-refractivity contribution in [2.45, 2.75) is 47.1 Å². The van der Waals surface area contributed by atoms with E-state index in [1.165, 1.54) is 0 Å². The first-order valence-electron chi connectivity index (χ1n) is 7.52. The molecule has 0 aliphatic rings. The highest BCUT2D eigenvalue weighted by Gasteiger charge is 2.23. The molecule has 3 N–H and O–H groups in total. The van der Waals surface area contributed by atoms with Gasteiger partial charge in [0.25, 0.3) is 0 Å². The highest BCUT2D eigenvalue weighted by atomic mass is 16.4. The Morgan fingerprint density at radius 2 is 2.14 bits per heavy atom. The Morgan fingerprint density at radius 1 is 1.43 bits per heavy atom. The summed E-state index contributed by atoms with van der Waals surface area (Å²) in [7, 11) is 0. The Morgan fingerprint density at radius 3 is 2.71 bits per heavy atom. The fraction of sp³-hybridized carbons (Fsp3) is 0.625. The van der Waals surface area contributed by atoms with Crippen LogP contribution in [-0.4, -0.2) is 34.0 Å². The molecule has 5 nitrogen and oxygen atoms in total. The van der Waals surface area contributed by atoms with Crippen LogP contribution in [-0.2, 0) is 6.54 Å². The molecule has 0 unspecified atom stereocenters. The molecule has 1 rings (SSSR count). The zero-order valence-corrected chi connectivity index (χ0v) is 13.6. The normalized spacial score (nSPS) is 12.9. The average Bonchev–Trinajstić information content (AvgIpc) is 2.45.